The van der Waals surface area contributed by atoms with Crippen molar-refractivity contribution in [2.24, 2.45) is 0 Å². The number of aliphatic hydroxyl groups excluding tert-OH is 1. The van der Waals surface area contributed by atoms with Crippen LogP contribution in [0.15, 0.2) is 78.9 Å². The van der Waals surface area contributed by atoms with E-state index in [0.29, 0.717) is 13.2 Å². The Balaban J connectivity index is 1.20. The number of nitrogens with zero attached hydrogens (tertiary/aromatic N) is 2. The number of rotatable bonds is 8. The molecule has 1 atom stereocenters. The molecule has 0 radical (unpaired) electrons. The lowest BCUT2D eigenvalue weighted by Gasteiger charge is -2.37. The summed E-state index contributed by atoms with van der Waals surface area (Å²) in [4.78, 5) is 4.75. The van der Waals surface area contributed by atoms with Gasteiger partial charge in [-0.3, -0.25) is 4.90 Å². The summed E-state index contributed by atoms with van der Waals surface area (Å²) in [7, 11) is 0. The second-order valence-corrected chi connectivity index (χ2v) is 8.39. The first kappa shape index (κ1) is 21.4. The zero-order chi connectivity index (χ0) is 21.5. The summed E-state index contributed by atoms with van der Waals surface area (Å²) in [6.07, 6.45) is 0.488. The maximum absolute atomic E-state index is 10.4. The molecule has 3 aromatic carbocycles. The second kappa shape index (κ2) is 10.5. The summed E-state index contributed by atoms with van der Waals surface area (Å²) in [5.74, 6) is 0.810. The highest BCUT2D eigenvalue weighted by Crippen LogP contribution is 2.19. The van der Waals surface area contributed by atoms with E-state index in [9.17, 15) is 5.11 Å². The van der Waals surface area contributed by atoms with Gasteiger partial charge in [0, 0.05) is 38.4 Å². The topological polar surface area (TPSA) is 35.9 Å². The minimum atomic E-state index is -0.481. The van der Waals surface area contributed by atoms with E-state index in [-0.39, 0.29) is 0 Å². The standard InChI is InChI=1S/C27H32N2O2/c1-22-7-13-27(14-8-22)31-21-26(30)20-28-15-17-29(18-16-28)25-11-9-24(10-12-25)19-23-5-3-2-4-6-23/h2-14,26,30H,15-21H2,1H3/t26-/m0/s1. The molecule has 1 heterocycles. The molecule has 0 saturated carbocycles. The fourth-order valence-corrected chi connectivity index (χ4v) is 4.02. The predicted octanol–water partition coefficient (Wildman–Crippen LogP) is 4.15. The van der Waals surface area contributed by atoms with E-state index in [0.717, 1.165) is 38.3 Å². The number of hydrogen-bond acceptors (Lipinski definition) is 4. The Morgan fingerprint density at radius 1 is 0.806 bits per heavy atom. The maximum Gasteiger partial charge on any atom is 0.119 e. The number of piperazine rings is 1. The molecule has 0 unspecified atom stereocenters. The molecule has 4 nitrogen and oxygen atoms in total. The Morgan fingerprint density at radius 3 is 2.13 bits per heavy atom. The zero-order valence-corrected chi connectivity index (χ0v) is 18.3. The molecule has 0 aromatic heterocycles. The lowest BCUT2D eigenvalue weighted by molar-refractivity contribution is 0.0663. The van der Waals surface area contributed by atoms with Gasteiger partial charge in [0.1, 0.15) is 18.5 Å². The number of hydrogen-bond donors (Lipinski definition) is 1. The number of β-amino-alcohol motifs (C(OH)–C–C–N with tert-alkyl or cyclic N) is 1. The van der Waals surface area contributed by atoms with E-state index < -0.39 is 6.10 Å². The number of ether oxygens (including phenoxy) is 1. The molecular weight excluding hydrogens is 384 g/mol. The first-order valence-corrected chi connectivity index (χ1v) is 11.1. The van der Waals surface area contributed by atoms with Gasteiger partial charge in [-0.05, 0) is 48.7 Å². The summed E-state index contributed by atoms with van der Waals surface area (Å²) in [6.45, 7) is 6.88. The van der Waals surface area contributed by atoms with Crippen LogP contribution < -0.4 is 9.64 Å². The van der Waals surface area contributed by atoms with E-state index in [1.165, 1.54) is 22.4 Å². The van der Waals surface area contributed by atoms with Crippen LogP contribution in [-0.4, -0.2) is 55.4 Å². The fourth-order valence-electron chi connectivity index (χ4n) is 4.02. The van der Waals surface area contributed by atoms with E-state index in [1.54, 1.807) is 0 Å². The van der Waals surface area contributed by atoms with Crippen LogP contribution in [-0.2, 0) is 6.42 Å². The van der Waals surface area contributed by atoms with Gasteiger partial charge in [0.25, 0.3) is 0 Å². The van der Waals surface area contributed by atoms with Gasteiger partial charge in [-0.15, -0.1) is 0 Å². The van der Waals surface area contributed by atoms with Crippen molar-refractivity contribution in [3.63, 3.8) is 0 Å². The van der Waals surface area contributed by atoms with Gasteiger partial charge in [-0.25, -0.2) is 0 Å². The third-order valence-electron chi connectivity index (χ3n) is 5.86. The molecule has 3 aromatic rings. The van der Waals surface area contributed by atoms with E-state index in [2.05, 4.69) is 71.3 Å². The molecule has 0 amide bonds. The van der Waals surface area contributed by atoms with Crippen molar-refractivity contribution < 1.29 is 9.84 Å². The van der Waals surface area contributed by atoms with Crippen LogP contribution in [0, 0.1) is 6.92 Å². The molecule has 1 aliphatic heterocycles. The average Bonchev–Trinajstić information content (AvgIpc) is 2.80. The van der Waals surface area contributed by atoms with Crippen LogP contribution in [0.5, 0.6) is 5.75 Å². The van der Waals surface area contributed by atoms with Crippen LogP contribution in [0.25, 0.3) is 0 Å². The van der Waals surface area contributed by atoms with Crippen LogP contribution in [0.2, 0.25) is 0 Å². The molecule has 0 aliphatic carbocycles. The van der Waals surface area contributed by atoms with Crippen molar-refractivity contribution >= 4 is 5.69 Å². The highest BCUT2D eigenvalue weighted by Gasteiger charge is 2.19. The second-order valence-electron chi connectivity index (χ2n) is 8.39. The summed E-state index contributed by atoms with van der Waals surface area (Å²) in [5, 5.41) is 10.4. The van der Waals surface area contributed by atoms with Crippen LogP contribution in [0.4, 0.5) is 5.69 Å². The van der Waals surface area contributed by atoms with Gasteiger partial charge in [0.2, 0.25) is 0 Å². The van der Waals surface area contributed by atoms with Gasteiger partial charge in [-0.2, -0.15) is 0 Å². The molecule has 4 heteroatoms. The highest BCUT2D eigenvalue weighted by molar-refractivity contribution is 5.48. The normalized spacial score (nSPS) is 15.6. The molecule has 4 rings (SSSR count). The smallest absolute Gasteiger partial charge is 0.119 e. The summed E-state index contributed by atoms with van der Waals surface area (Å²) < 4.78 is 5.72. The molecule has 0 bridgehead atoms. The minimum absolute atomic E-state index is 0.326. The predicted molar refractivity (Wildman–Crippen MR) is 127 cm³/mol. The first-order valence-electron chi connectivity index (χ1n) is 11.1. The third kappa shape index (κ3) is 6.33. The van der Waals surface area contributed by atoms with Crippen molar-refractivity contribution in [2.45, 2.75) is 19.4 Å². The highest BCUT2D eigenvalue weighted by atomic mass is 16.5. The van der Waals surface area contributed by atoms with Gasteiger partial charge >= 0.3 is 0 Å². The number of benzene rings is 3. The molecule has 31 heavy (non-hydrogen) atoms. The Bertz CT molecular complexity index is 918. The number of anilines is 1. The Hall–Kier alpha value is -2.82. The summed E-state index contributed by atoms with van der Waals surface area (Å²) >= 11 is 0. The monoisotopic (exact) mass is 416 g/mol. The molecular formula is C27H32N2O2. The molecule has 1 aliphatic rings. The van der Waals surface area contributed by atoms with E-state index >= 15 is 0 Å². The third-order valence-corrected chi connectivity index (χ3v) is 5.86. The summed E-state index contributed by atoms with van der Waals surface area (Å²) in [6, 6.07) is 27.5. The molecule has 162 valence electrons. The van der Waals surface area contributed by atoms with Crippen molar-refractivity contribution in [1.82, 2.24) is 4.90 Å². The molecule has 1 fully saturated rings. The molecule has 1 saturated heterocycles. The summed E-state index contributed by atoms with van der Waals surface area (Å²) in [5.41, 5.74) is 5.16. The van der Waals surface area contributed by atoms with Crippen molar-refractivity contribution in [3.05, 3.63) is 95.6 Å². The van der Waals surface area contributed by atoms with Gasteiger partial charge in [0.05, 0.1) is 0 Å². The first-order chi connectivity index (χ1) is 15.2. The lowest BCUT2D eigenvalue weighted by Crippen LogP contribution is -2.49. The average molecular weight is 417 g/mol. The minimum Gasteiger partial charge on any atom is -0.491 e. The Morgan fingerprint density at radius 2 is 1.45 bits per heavy atom. The SMILES string of the molecule is Cc1ccc(OC[C@@H](O)CN2CCN(c3ccc(Cc4ccccc4)cc3)CC2)cc1. The molecule has 1 N–H and O–H groups in total. The zero-order valence-electron chi connectivity index (χ0n) is 18.3. The van der Waals surface area contributed by atoms with Gasteiger partial charge in [-0.1, -0.05) is 60.2 Å². The quantitative estimate of drug-likeness (QED) is 0.599. The van der Waals surface area contributed by atoms with Crippen LogP contribution >= 0.6 is 0 Å². The lowest BCUT2D eigenvalue weighted by atomic mass is 10.0. The van der Waals surface area contributed by atoms with E-state index in [1.807, 2.05) is 24.3 Å². The van der Waals surface area contributed by atoms with Gasteiger partial charge in [0.15, 0.2) is 0 Å². The Kier molecular flexibility index (Phi) is 7.23. The van der Waals surface area contributed by atoms with Crippen LogP contribution in [0.1, 0.15) is 16.7 Å². The largest absolute Gasteiger partial charge is 0.491 e. The Labute approximate surface area is 185 Å². The van der Waals surface area contributed by atoms with Crippen molar-refractivity contribution in [3.8, 4) is 5.75 Å². The van der Waals surface area contributed by atoms with Crippen molar-refractivity contribution in [2.75, 3.05) is 44.2 Å². The van der Waals surface area contributed by atoms with E-state index in [4.69, 9.17) is 4.74 Å². The van der Waals surface area contributed by atoms with Gasteiger partial charge < -0.3 is 14.7 Å². The van der Waals surface area contributed by atoms with Crippen LogP contribution in [0.3, 0.4) is 0 Å². The number of aliphatic hydroxyl groups is 1. The number of aryl methyl sites for hydroxylation is 1. The maximum atomic E-state index is 10.4. The fraction of sp³-hybridized carbons (Fsp3) is 0.333. The molecule has 0 spiro atoms. The van der Waals surface area contributed by atoms with Crippen molar-refractivity contribution in [1.29, 1.82) is 0 Å².